The lowest BCUT2D eigenvalue weighted by Crippen LogP contribution is -2.51. The number of carboxylic acids is 1. The van der Waals surface area contributed by atoms with E-state index in [9.17, 15) is 18.8 Å². The molecule has 2 N–H and O–H groups in total. The third kappa shape index (κ3) is 6.22. The van der Waals surface area contributed by atoms with Gasteiger partial charge in [0, 0.05) is 17.7 Å². The van der Waals surface area contributed by atoms with Crippen molar-refractivity contribution in [2.24, 2.45) is 16.8 Å². The minimum Gasteiger partial charge on any atom is -0.481 e. The van der Waals surface area contributed by atoms with E-state index in [1.165, 1.54) is 12.1 Å². The second-order valence-corrected chi connectivity index (χ2v) is 11.6. The Morgan fingerprint density at radius 3 is 2.42 bits per heavy atom. The number of hydrogen-bond acceptors (Lipinski definition) is 4. The summed E-state index contributed by atoms with van der Waals surface area (Å²) in [5.41, 5.74) is 1.26. The van der Waals surface area contributed by atoms with Crippen molar-refractivity contribution in [2.75, 3.05) is 6.54 Å². The average Bonchev–Trinajstić information content (AvgIpc) is 3.20. The van der Waals surface area contributed by atoms with Gasteiger partial charge in [0.05, 0.1) is 17.5 Å². The van der Waals surface area contributed by atoms with Crippen molar-refractivity contribution in [1.82, 2.24) is 10.2 Å². The fourth-order valence-electron chi connectivity index (χ4n) is 5.96. The third-order valence-electron chi connectivity index (χ3n) is 8.21. The molecule has 40 heavy (non-hydrogen) atoms. The van der Waals surface area contributed by atoms with E-state index in [1.807, 2.05) is 17.0 Å². The first-order chi connectivity index (χ1) is 19.1. The van der Waals surface area contributed by atoms with Crippen LogP contribution in [0.3, 0.4) is 0 Å². The molecule has 2 aliphatic rings. The summed E-state index contributed by atoms with van der Waals surface area (Å²) in [6.45, 7) is 6.56. The molecule has 1 heterocycles. The van der Waals surface area contributed by atoms with Gasteiger partial charge in [-0.2, -0.15) is 0 Å². The zero-order valence-corrected chi connectivity index (χ0v) is 24.0. The van der Waals surface area contributed by atoms with Gasteiger partial charge in [0.2, 0.25) is 0 Å². The molecule has 2 aromatic rings. The molecule has 0 saturated heterocycles. The quantitative estimate of drug-likeness (QED) is 0.346. The van der Waals surface area contributed by atoms with Crippen LogP contribution in [-0.4, -0.2) is 45.7 Å². The van der Waals surface area contributed by atoms with Crippen molar-refractivity contribution in [3.63, 3.8) is 0 Å². The highest BCUT2D eigenvalue weighted by Crippen LogP contribution is 2.48. The van der Waals surface area contributed by atoms with E-state index in [4.69, 9.17) is 21.7 Å². The zero-order valence-electron chi connectivity index (χ0n) is 23.3. The molecule has 0 radical (unpaired) electrons. The summed E-state index contributed by atoms with van der Waals surface area (Å²) in [7, 11) is 0. The maximum atomic E-state index is 14.4. The molecule has 214 valence electrons. The maximum Gasteiger partial charge on any atom is 0.305 e. The maximum absolute atomic E-state index is 14.4. The molecule has 1 aliphatic carbocycles. The van der Waals surface area contributed by atoms with Gasteiger partial charge >= 0.3 is 5.97 Å². The van der Waals surface area contributed by atoms with E-state index in [0.29, 0.717) is 29.4 Å². The summed E-state index contributed by atoms with van der Waals surface area (Å²) in [5, 5.41) is 11.4. The normalized spacial score (nSPS) is 21.6. The number of nitrogens with zero attached hydrogens (tertiary/aromatic N) is 2. The number of halogens is 2. The summed E-state index contributed by atoms with van der Waals surface area (Å²) in [5.74, 6) is -1.05. The van der Waals surface area contributed by atoms with Gasteiger partial charge in [-0.15, -0.1) is 0 Å². The van der Waals surface area contributed by atoms with Crippen LogP contribution in [0, 0.1) is 17.7 Å². The molecule has 1 fully saturated rings. The van der Waals surface area contributed by atoms with Gasteiger partial charge in [0.25, 0.3) is 11.8 Å². The molecule has 4 rings (SSSR count). The number of aliphatic carboxylic acids is 1. The van der Waals surface area contributed by atoms with Crippen molar-refractivity contribution in [2.45, 2.75) is 77.4 Å². The van der Waals surface area contributed by atoms with Crippen LogP contribution >= 0.6 is 11.6 Å². The predicted molar refractivity (Wildman–Crippen MR) is 153 cm³/mol. The molecule has 9 heteroatoms. The van der Waals surface area contributed by atoms with E-state index >= 15 is 0 Å². The van der Waals surface area contributed by atoms with Gasteiger partial charge in [-0.3, -0.25) is 19.4 Å². The molecular weight excluding hydrogens is 533 g/mol. The van der Waals surface area contributed by atoms with Gasteiger partial charge in [-0.05, 0) is 73.8 Å². The Morgan fingerprint density at radius 1 is 1.18 bits per heavy atom. The number of rotatable bonds is 10. The Kier molecular flexibility index (Phi) is 9.29. The van der Waals surface area contributed by atoms with Gasteiger partial charge in [0.1, 0.15) is 17.2 Å². The number of carbonyl (C=O) groups is 3. The summed E-state index contributed by atoms with van der Waals surface area (Å²) in [6.07, 6.45) is 4.71. The molecule has 1 unspecified atom stereocenters. The Morgan fingerprint density at radius 2 is 1.85 bits per heavy atom. The van der Waals surface area contributed by atoms with E-state index < -0.39 is 17.4 Å². The number of amides is 2. The molecule has 1 spiro atoms. The van der Waals surface area contributed by atoms with Crippen LogP contribution in [0.5, 0.6) is 0 Å². The average molecular weight is 570 g/mol. The van der Waals surface area contributed by atoms with Gasteiger partial charge in [-0.1, -0.05) is 57.0 Å². The Balaban J connectivity index is 1.67. The highest BCUT2D eigenvalue weighted by Gasteiger charge is 2.52. The fourth-order valence-corrected chi connectivity index (χ4v) is 6.08. The van der Waals surface area contributed by atoms with Crippen molar-refractivity contribution < 1.29 is 23.9 Å². The van der Waals surface area contributed by atoms with Crippen LogP contribution in [0.25, 0.3) is 0 Å². The first-order valence-electron chi connectivity index (χ1n) is 14.0. The van der Waals surface area contributed by atoms with Crippen LogP contribution in [0.2, 0.25) is 5.02 Å². The smallest absolute Gasteiger partial charge is 0.305 e. The van der Waals surface area contributed by atoms with Crippen LogP contribution < -0.4 is 5.32 Å². The Hall–Kier alpha value is -3.26. The highest BCUT2D eigenvalue weighted by molar-refractivity contribution is 6.47. The first kappa shape index (κ1) is 29.7. The van der Waals surface area contributed by atoms with Crippen molar-refractivity contribution in [3.05, 3.63) is 70.0 Å². The van der Waals surface area contributed by atoms with E-state index in [-0.39, 0.29) is 41.6 Å². The van der Waals surface area contributed by atoms with Gasteiger partial charge in [0.15, 0.2) is 0 Å². The largest absolute Gasteiger partial charge is 0.481 e. The molecule has 0 aromatic heterocycles. The second kappa shape index (κ2) is 12.5. The van der Waals surface area contributed by atoms with Crippen LogP contribution in [0.15, 0.2) is 47.5 Å². The summed E-state index contributed by atoms with van der Waals surface area (Å²) in [6, 6.07) is 11.2. The molecule has 0 bridgehead atoms. The van der Waals surface area contributed by atoms with Crippen molar-refractivity contribution >= 4 is 35.1 Å². The number of carbonyl (C=O) groups excluding carboxylic acids is 2. The van der Waals surface area contributed by atoms with E-state index in [1.54, 1.807) is 18.2 Å². The number of benzene rings is 2. The molecule has 2 amide bonds. The van der Waals surface area contributed by atoms with E-state index in [0.717, 1.165) is 37.7 Å². The lowest BCUT2D eigenvalue weighted by Gasteiger charge is -2.46. The summed E-state index contributed by atoms with van der Waals surface area (Å²) in [4.78, 5) is 44.4. The summed E-state index contributed by atoms with van der Waals surface area (Å²) < 4.78 is 14.4. The number of aliphatic imine (C=N–C) groups is 1. The third-order valence-corrected chi connectivity index (χ3v) is 8.52. The van der Waals surface area contributed by atoms with Crippen molar-refractivity contribution in [3.8, 4) is 0 Å². The highest BCUT2D eigenvalue weighted by atomic mass is 35.5. The predicted octanol–water partition coefficient (Wildman–Crippen LogP) is 6.40. The fraction of sp³-hybridized carbons (Fsp3) is 0.484. The van der Waals surface area contributed by atoms with Crippen LogP contribution in [0.1, 0.15) is 93.2 Å². The zero-order chi connectivity index (χ0) is 29.0. The first-order valence-corrected chi connectivity index (χ1v) is 14.4. The minimum atomic E-state index is -0.979. The monoisotopic (exact) mass is 569 g/mol. The molecule has 1 atom stereocenters. The van der Waals surface area contributed by atoms with E-state index in [2.05, 4.69) is 26.1 Å². The lowest BCUT2D eigenvalue weighted by molar-refractivity contribution is -0.137. The topological polar surface area (TPSA) is 99.1 Å². The van der Waals surface area contributed by atoms with Crippen molar-refractivity contribution in [1.29, 1.82) is 0 Å². The van der Waals surface area contributed by atoms with Gasteiger partial charge < -0.3 is 15.3 Å². The Labute approximate surface area is 239 Å². The van der Waals surface area contributed by atoms with Crippen LogP contribution in [-0.2, 0) is 9.59 Å². The minimum absolute atomic E-state index is 0.00486. The Bertz CT molecular complexity index is 1290. The number of carboxylic acid groups (broad SMARTS) is 1. The molecule has 2 aromatic carbocycles. The molecule has 1 aliphatic heterocycles. The summed E-state index contributed by atoms with van der Waals surface area (Å²) >= 11 is 5.92. The van der Waals surface area contributed by atoms with Gasteiger partial charge in [-0.25, -0.2) is 4.39 Å². The SMILES string of the molecule is CCCC(c1ccc(C(=O)NCCC(=O)O)cc1)N1C(=O)C(c2ccc(Cl)c(F)c2)=NC12CCC(C(C)C)CC2. The number of hydrogen-bond donors (Lipinski definition) is 2. The second-order valence-electron chi connectivity index (χ2n) is 11.2. The molecular formula is C31H37ClFN3O4. The van der Waals surface area contributed by atoms with Crippen LogP contribution in [0.4, 0.5) is 4.39 Å². The number of nitrogens with one attached hydrogen (secondary N) is 1. The lowest BCUT2D eigenvalue weighted by atomic mass is 9.76. The molecule has 1 saturated carbocycles. The molecule has 7 nitrogen and oxygen atoms in total. The standard InChI is InChI=1S/C31H37ClFN3O4/c1-4-5-26(21-6-8-22(9-7-21)29(39)34-17-14-27(37)38)36-30(40)28(23-10-11-24(32)25(33)18-23)35-31(36)15-12-20(13-16-31)19(2)3/h6-11,18-20,26H,4-5,12-17H2,1-3H3,(H,34,39)(H,37,38).